The van der Waals surface area contributed by atoms with Gasteiger partial charge in [0.15, 0.2) is 0 Å². The Morgan fingerprint density at radius 2 is 1.88 bits per heavy atom. The number of benzene rings is 2. The maximum Gasteiger partial charge on any atom is 0.230 e. The number of likely N-dealkylation sites (tertiary alicyclic amines) is 1. The molecule has 1 aliphatic rings. The third kappa shape index (κ3) is 4.22. The van der Waals surface area contributed by atoms with Crippen molar-refractivity contribution in [2.45, 2.75) is 19.9 Å². The van der Waals surface area contributed by atoms with Gasteiger partial charge in [0, 0.05) is 31.3 Å². The molecule has 7 heteroatoms. The average Bonchev–Trinajstić information content (AvgIpc) is 3.35. The average molecular weight is 442 g/mol. The molecule has 5 rings (SSSR count). The largest absolute Gasteiger partial charge is 0.338 e. The van der Waals surface area contributed by atoms with Gasteiger partial charge in [0.1, 0.15) is 23.0 Å². The molecule has 1 saturated heterocycles. The molecule has 0 aliphatic carbocycles. The topological polar surface area (TPSA) is 66.7 Å². The first kappa shape index (κ1) is 20.9. The highest BCUT2D eigenvalue weighted by molar-refractivity contribution is 5.99. The Morgan fingerprint density at radius 3 is 2.64 bits per heavy atom. The molecule has 2 aromatic carbocycles. The molecular formula is C26H23FN4O2. The summed E-state index contributed by atoms with van der Waals surface area (Å²) >= 11 is 0. The van der Waals surface area contributed by atoms with Gasteiger partial charge < -0.3 is 10.2 Å². The lowest BCUT2D eigenvalue weighted by molar-refractivity contribution is -0.128. The van der Waals surface area contributed by atoms with Crippen LogP contribution >= 0.6 is 0 Å². The summed E-state index contributed by atoms with van der Waals surface area (Å²) in [6, 6.07) is 19.6. The van der Waals surface area contributed by atoms with Crippen molar-refractivity contribution in [2.75, 3.05) is 11.9 Å². The van der Waals surface area contributed by atoms with E-state index >= 15 is 0 Å². The number of rotatable bonds is 5. The van der Waals surface area contributed by atoms with Gasteiger partial charge in [-0.25, -0.2) is 9.37 Å². The van der Waals surface area contributed by atoms with E-state index in [1.54, 1.807) is 17.0 Å². The molecule has 1 aliphatic heterocycles. The van der Waals surface area contributed by atoms with Crippen LogP contribution in [-0.2, 0) is 16.1 Å². The van der Waals surface area contributed by atoms with Gasteiger partial charge >= 0.3 is 0 Å². The van der Waals surface area contributed by atoms with Crippen LogP contribution in [0.2, 0.25) is 0 Å². The Morgan fingerprint density at radius 1 is 1.12 bits per heavy atom. The van der Waals surface area contributed by atoms with Crippen LogP contribution in [0.15, 0.2) is 72.9 Å². The molecule has 0 spiro atoms. The first-order chi connectivity index (χ1) is 16.0. The van der Waals surface area contributed by atoms with Crippen LogP contribution in [0.4, 0.5) is 10.2 Å². The number of nitrogens with one attached hydrogen (secondary N) is 1. The van der Waals surface area contributed by atoms with Crippen molar-refractivity contribution in [3.05, 3.63) is 89.9 Å². The lowest BCUT2D eigenvalue weighted by Gasteiger charge is -2.17. The lowest BCUT2D eigenvalue weighted by Crippen LogP contribution is -2.28. The van der Waals surface area contributed by atoms with Crippen molar-refractivity contribution in [1.29, 1.82) is 0 Å². The first-order valence-corrected chi connectivity index (χ1v) is 10.8. The first-order valence-electron chi connectivity index (χ1n) is 10.8. The van der Waals surface area contributed by atoms with E-state index in [2.05, 4.69) is 10.3 Å². The second kappa shape index (κ2) is 8.50. The third-order valence-electron chi connectivity index (χ3n) is 5.94. The highest BCUT2D eigenvalue weighted by Gasteiger charge is 2.35. The summed E-state index contributed by atoms with van der Waals surface area (Å²) < 4.78 is 15.3. The SMILES string of the molecule is Cc1ccn2c(NC(=O)C3CC(=O)N(Cc4ccccc4)C3)c(-c3ccc(F)cc3)nc2c1. The number of aromatic nitrogens is 2. The molecule has 0 saturated carbocycles. The molecule has 0 bridgehead atoms. The Balaban J connectivity index is 1.41. The quantitative estimate of drug-likeness (QED) is 0.497. The van der Waals surface area contributed by atoms with E-state index in [4.69, 9.17) is 0 Å². The number of halogens is 1. The molecule has 1 fully saturated rings. The zero-order chi connectivity index (χ0) is 22.9. The van der Waals surface area contributed by atoms with E-state index in [0.717, 1.165) is 11.1 Å². The van der Waals surface area contributed by atoms with E-state index in [1.165, 1.54) is 12.1 Å². The van der Waals surface area contributed by atoms with Crippen LogP contribution in [0.25, 0.3) is 16.9 Å². The number of anilines is 1. The highest BCUT2D eigenvalue weighted by Crippen LogP contribution is 2.31. The van der Waals surface area contributed by atoms with Crippen LogP contribution in [0.3, 0.4) is 0 Å². The summed E-state index contributed by atoms with van der Waals surface area (Å²) in [6.45, 7) is 2.82. The molecule has 166 valence electrons. The van der Waals surface area contributed by atoms with E-state index in [-0.39, 0.29) is 24.1 Å². The van der Waals surface area contributed by atoms with E-state index in [9.17, 15) is 14.0 Å². The molecule has 1 N–H and O–H groups in total. The second-order valence-corrected chi connectivity index (χ2v) is 8.40. The number of pyridine rings is 1. The summed E-state index contributed by atoms with van der Waals surface area (Å²) in [5.74, 6) is -0.558. The number of carbonyl (C=O) groups is 2. The molecule has 2 aromatic heterocycles. The van der Waals surface area contributed by atoms with E-state index in [1.807, 2.05) is 60.0 Å². The third-order valence-corrected chi connectivity index (χ3v) is 5.94. The van der Waals surface area contributed by atoms with Crippen LogP contribution < -0.4 is 5.32 Å². The van der Waals surface area contributed by atoms with Crippen LogP contribution in [0.1, 0.15) is 17.5 Å². The van der Waals surface area contributed by atoms with Gasteiger partial charge in [0.25, 0.3) is 0 Å². The Kier molecular flexibility index (Phi) is 5.38. The number of hydrogen-bond acceptors (Lipinski definition) is 3. The van der Waals surface area contributed by atoms with Crippen molar-refractivity contribution < 1.29 is 14.0 Å². The summed E-state index contributed by atoms with van der Waals surface area (Å²) in [7, 11) is 0. The lowest BCUT2D eigenvalue weighted by atomic mass is 10.1. The standard InChI is InChI=1S/C26H23FN4O2/c1-17-11-12-31-22(13-17)28-24(19-7-9-21(27)10-8-19)25(31)29-26(33)20-14-23(32)30(16-20)15-18-5-3-2-4-6-18/h2-13,20H,14-16H2,1H3,(H,29,33). The Bertz CT molecular complexity index is 1330. The van der Waals surface area contributed by atoms with Gasteiger partial charge in [-0.2, -0.15) is 0 Å². The van der Waals surface area contributed by atoms with Crippen molar-refractivity contribution >= 4 is 23.3 Å². The number of nitrogens with zero attached hydrogens (tertiary/aromatic N) is 3. The summed E-state index contributed by atoms with van der Waals surface area (Å²) in [4.78, 5) is 32.2. The summed E-state index contributed by atoms with van der Waals surface area (Å²) in [6.07, 6.45) is 2.02. The van der Waals surface area contributed by atoms with Crippen LogP contribution in [0, 0.1) is 18.7 Å². The molecule has 4 aromatic rings. The molecule has 0 radical (unpaired) electrons. The number of carbonyl (C=O) groups excluding carboxylic acids is 2. The van der Waals surface area contributed by atoms with Gasteiger partial charge in [-0.3, -0.25) is 14.0 Å². The monoisotopic (exact) mass is 442 g/mol. The number of aryl methyl sites for hydroxylation is 1. The number of fused-ring (bicyclic) bond motifs is 1. The minimum atomic E-state index is -0.460. The number of amides is 2. The zero-order valence-corrected chi connectivity index (χ0v) is 18.2. The molecule has 6 nitrogen and oxygen atoms in total. The van der Waals surface area contributed by atoms with Crippen molar-refractivity contribution in [3.63, 3.8) is 0 Å². The summed E-state index contributed by atoms with van der Waals surface area (Å²) in [5, 5.41) is 3.00. The van der Waals surface area contributed by atoms with Gasteiger partial charge in [0.2, 0.25) is 11.8 Å². The van der Waals surface area contributed by atoms with Gasteiger partial charge in [-0.05, 0) is 54.4 Å². The minimum absolute atomic E-state index is 0.0356. The van der Waals surface area contributed by atoms with Crippen molar-refractivity contribution in [2.24, 2.45) is 5.92 Å². The van der Waals surface area contributed by atoms with Crippen LogP contribution in [-0.4, -0.2) is 32.6 Å². The molecule has 1 atom stereocenters. The second-order valence-electron chi connectivity index (χ2n) is 8.40. The Labute approximate surface area is 190 Å². The van der Waals surface area contributed by atoms with Crippen LogP contribution in [0.5, 0.6) is 0 Å². The maximum atomic E-state index is 13.5. The van der Waals surface area contributed by atoms with Crippen molar-refractivity contribution in [3.8, 4) is 11.3 Å². The number of hydrogen-bond donors (Lipinski definition) is 1. The summed E-state index contributed by atoms with van der Waals surface area (Å²) in [5.41, 5.74) is 4.00. The van der Waals surface area contributed by atoms with E-state index < -0.39 is 5.92 Å². The maximum absolute atomic E-state index is 13.5. The predicted molar refractivity (Wildman–Crippen MR) is 124 cm³/mol. The minimum Gasteiger partial charge on any atom is -0.338 e. The van der Waals surface area contributed by atoms with Gasteiger partial charge in [-0.15, -0.1) is 0 Å². The normalized spacial score (nSPS) is 15.9. The molecule has 2 amide bonds. The number of imidazole rings is 1. The molecule has 1 unspecified atom stereocenters. The molecule has 3 heterocycles. The molecule has 33 heavy (non-hydrogen) atoms. The van der Waals surface area contributed by atoms with Gasteiger partial charge in [0.05, 0.1) is 5.92 Å². The fourth-order valence-corrected chi connectivity index (χ4v) is 4.20. The Hall–Kier alpha value is -4.00. The smallest absolute Gasteiger partial charge is 0.230 e. The molecular weight excluding hydrogens is 419 g/mol. The predicted octanol–water partition coefficient (Wildman–Crippen LogP) is 4.44. The van der Waals surface area contributed by atoms with Crippen molar-refractivity contribution in [1.82, 2.24) is 14.3 Å². The highest BCUT2D eigenvalue weighted by atomic mass is 19.1. The van der Waals surface area contributed by atoms with Gasteiger partial charge in [-0.1, -0.05) is 30.3 Å². The fraction of sp³-hybridized carbons (Fsp3) is 0.192. The fourth-order valence-electron chi connectivity index (χ4n) is 4.20. The zero-order valence-electron chi connectivity index (χ0n) is 18.2. The van der Waals surface area contributed by atoms with E-state index in [0.29, 0.717) is 35.8 Å².